The highest BCUT2D eigenvalue weighted by Crippen LogP contribution is 2.62. The number of primary amides is 1. The van der Waals surface area contributed by atoms with E-state index in [0.717, 1.165) is 5.32 Å². The van der Waals surface area contributed by atoms with Gasteiger partial charge in [0.25, 0.3) is 5.91 Å². The van der Waals surface area contributed by atoms with Gasteiger partial charge in [-0.3, -0.25) is 9.59 Å². The Morgan fingerprint density at radius 3 is 1.62 bits per heavy atom. The first-order valence-corrected chi connectivity index (χ1v) is 11.2. The molecule has 3 N–H and O–H groups in total. The zero-order chi connectivity index (χ0) is 31.5. The van der Waals surface area contributed by atoms with Crippen LogP contribution in [-0.2, 0) is 17.6 Å². The Morgan fingerprint density at radius 2 is 1.15 bits per heavy atom. The number of amides is 2. The average molecular weight is 638 g/mol. The summed E-state index contributed by atoms with van der Waals surface area (Å²) in [6, 6.07) is 0. The summed E-state index contributed by atoms with van der Waals surface area (Å²) in [6.07, 6.45) is -4.41. The normalized spacial score (nSPS) is 16.5. The molecule has 40 heavy (non-hydrogen) atoms. The second-order valence-electron chi connectivity index (χ2n) is 8.46. The van der Waals surface area contributed by atoms with Crippen molar-refractivity contribution in [3.05, 3.63) is 16.0 Å². The summed E-state index contributed by atoms with van der Waals surface area (Å²) < 4.78 is 216. The lowest BCUT2D eigenvalue weighted by Crippen LogP contribution is -2.74. The fourth-order valence-corrected chi connectivity index (χ4v) is 4.84. The maximum Gasteiger partial charge on any atom is 0.393 e. The molecule has 0 aliphatic heterocycles. The van der Waals surface area contributed by atoms with Gasteiger partial charge in [-0.05, 0) is 31.2 Å². The molecule has 1 heterocycles. The summed E-state index contributed by atoms with van der Waals surface area (Å²) in [4.78, 5) is 23.8. The summed E-state index contributed by atoms with van der Waals surface area (Å²) in [7, 11) is 0. The molecule has 0 fully saturated rings. The van der Waals surface area contributed by atoms with Crippen LogP contribution in [0.2, 0.25) is 0 Å². The Bertz CT molecular complexity index is 1150. The molecular formula is C19H14F16N2O2S. The van der Waals surface area contributed by atoms with Crippen molar-refractivity contribution in [3.8, 4) is 0 Å². The summed E-state index contributed by atoms with van der Waals surface area (Å²) >= 11 is 0.265. The Hall–Kier alpha value is -2.48. The van der Waals surface area contributed by atoms with E-state index in [4.69, 9.17) is 5.73 Å². The van der Waals surface area contributed by atoms with Crippen LogP contribution >= 0.6 is 11.3 Å². The number of hydrogen-bond donors (Lipinski definition) is 2. The topological polar surface area (TPSA) is 72.2 Å². The zero-order valence-electron chi connectivity index (χ0n) is 19.0. The van der Waals surface area contributed by atoms with Crippen LogP contribution in [0, 0.1) is 0 Å². The van der Waals surface area contributed by atoms with E-state index in [1.807, 2.05) is 0 Å². The van der Waals surface area contributed by atoms with Gasteiger partial charge in [0.2, 0.25) is 0 Å². The molecule has 0 saturated carbocycles. The van der Waals surface area contributed by atoms with E-state index in [0.29, 0.717) is 19.3 Å². The third-order valence-electron chi connectivity index (χ3n) is 5.84. The summed E-state index contributed by atoms with van der Waals surface area (Å²) in [5.41, 5.74) is 4.35. The SMILES string of the molecule is NC(=O)c1c(NC(=O)C(F)(F)C(F)(F)C(F)(F)C(F)(F)C(F)(F)C(F)(F)C(F)(F)C(F)F)sc2c1CCCCC2. The van der Waals surface area contributed by atoms with Crippen molar-refractivity contribution in [2.45, 2.75) is 80.0 Å². The van der Waals surface area contributed by atoms with Crippen LogP contribution in [-0.4, -0.2) is 59.7 Å². The minimum absolute atomic E-state index is 0.0311. The molecule has 230 valence electrons. The van der Waals surface area contributed by atoms with Crippen LogP contribution in [0.3, 0.4) is 0 Å². The third kappa shape index (κ3) is 4.64. The molecule has 1 aliphatic carbocycles. The van der Waals surface area contributed by atoms with Gasteiger partial charge in [0, 0.05) is 4.88 Å². The predicted octanol–water partition coefficient (Wildman–Crippen LogP) is 6.77. The van der Waals surface area contributed by atoms with Crippen LogP contribution < -0.4 is 11.1 Å². The van der Waals surface area contributed by atoms with Crippen molar-refractivity contribution in [3.63, 3.8) is 0 Å². The van der Waals surface area contributed by atoms with Gasteiger partial charge >= 0.3 is 53.8 Å². The van der Waals surface area contributed by atoms with Gasteiger partial charge in [0.1, 0.15) is 5.00 Å². The lowest BCUT2D eigenvalue weighted by molar-refractivity contribution is -0.443. The smallest absolute Gasteiger partial charge is 0.365 e. The van der Waals surface area contributed by atoms with Gasteiger partial charge in [-0.15, -0.1) is 11.3 Å². The Labute approximate surface area is 215 Å². The van der Waals surface area contributed by atoms with E-state index in [1.54, 1.807) is 0 Å². The highest BCUT2D eigenvalue weighted by molar-refractivity contribution is 7.17. The van der Waals surface area contributed by atoms with Gasteiger partial charge in [-0.1, -0.05) is 6.42 Å². The largest absolute Gasteiger partial charge is 0.393 e. The molecule has 1 aliphatic rings. The van der Waals surface area contributed by atoms with Crippen molar-refractivity contribution in [2.75, 3.05) is 5.32 Å². The van der Waals surface area contributed by atoms with Crippen LogP contribution in [0.15, 0.2) is 0 Å². The number of carbonyl (C=O) groups is 2. The van der Waals surface area contributed by atoms with Crippen LogP contribution in [0.4, 0.5) is 75.2 Å². The lowest BCUT2D eigenvalue weighted by atomic mass is 9.89. The van der Waals surface area contributed by atoms with Gasteiger partial charge in [-0.2, -0.15) is 61.5 Å². The molecule has 0 bridgehead atoms. The van der Waals surface area contributed by atoms with Crippen molar-refractivity contribution >= 4 is 28.2 Å². The summed E-state index contributed by atoms with van der Waals surface area (Å²) in [6.45, 7) is 0. The fraction of sp³-hybridized carbons (Fsp3) is 0.684. The first-order valence-electron chi connectivity index (χ1n) is 10.4. The standard InChI is InChI=1S/C19H14F16N2O2S/c20-11(21)13(22,23)15(26,27)17(30,31)19(34,35)18(32,33)16(28,29)14(24,25)12(39)37-10-8(9(36)38)6-4-2-1-3-5-7(6)40-10/h11H,1-5H2,(H2,36,38)(H,37,39). The minimum atomic E-state index is -8.62. The van der Waals surface area contributed by atoms with Gasteiger partial charge in [0.15, 0.2) is 0 Å². The van der Waals surface area contributed by atoms with E-state index in [2.05, 4.69) is 0 Å². The highest BCUT2D eigenvalue weighted by Gasteiger charge is 2.94. The number of thiophene rings is 1. The zero-order valence-corrected chi connectivity index (χ0v) is 19.8. The van der Waals surface area contributed by atoms with Crippen molar-refractivity contribution in [2.24, 2.45) is 5.73 Å². The minimum Gasteiger partial charge on any atom is -0.365 e. The second kappa shape index (κ2) is 10.1. The molecule has 21 heteroatoms. The number of alkyl halides is 16. The summed E-state index contributed by atoms with van der Waals surface area (Å²) in [5.74, 6) is -61.8. The molecule has 4 nitrogen and oxygen atoms in total. The Kier molecular flexibility index (Phi) is 8.52. The highest BCUT2D eigenvalue weighted by atomic mass is 32.1. The van der Waals surface area contributed by atoms with Crippen molar-refractivity contribution in [1.29, 1.82) is 0 Å². The average Bonchev–Trinajstić information content (AvgIpc) is 2.98. The molecule has 0 radical (unpaired) electrons. The molecule has 0 spiro atoms. The maximum atomic E-state index is 14.2. The molecule has 2 amide bonds. The lowest BCUT2D eigenvalue weighted by Gasteiger charge is -2.42. The Morgan fingerprint density at radius 1 is 0.700 bits per heavy atom. The Balaban J connectivity index is 2.55. The fourth-order valence-electron chi connectivity index (χ4n) is 3.55. The van der Waals surface area contributed by atoms with Crippen LogP contribution in [0.25, 0.3) is 0 Å². The van der Waals surface area contributed by atoms with Gasteiger partial charge in [0.05, 0.1) is 5.56 Å². The number of fused-ring (bicyclic) bond motifs is 1. The van der Waals surface area contributed by atoms with Crippen molar-refractivity contribution in [1.82, 2.24) is 0 Å². The number of hydrogen-bond acceptors (Lipinski definition) is 3. The number of nitrogens with two attached hydrogens (primary N) is 1. The number of anilines is 1. The molecule has 1 aromatic heterocycles. The summed E-state index contributed by atoms with van der Waals surface area (Å²) in [5, 5.41) is -0.203. The number of carbonyl (C=O) groups excluding carboxylic acids is 2. The molecule has 1 aromatic rings. The molecule has 0 aromatic carbocycles. The first kappa shape index (κ1) is 33.7. The monoisotopic (exact) mass is 638 g/mol. The van der Waals surface area contributed by atoms with E-state index in [-0.39, 0.29) is 34.6 Å². The number of aryl methyl sites for hydroxylation is 1. The van der Waals surface area contributed by atoms with E-state index >= 15 is 0 Å². The second-order valence-corrected chi connectivity index (χ2v) is 9.56. The maximum absolute atomic E-state index is 14.2. The van der Waals surface area contributed by atoms with Gasteiger partial charge < -0.3 is 11.1 Å². The molecule has 0 unspecified atom stereocenters. The quantitative estimate of drug-likeness (QED) is 0.220. The third-order valence-corrected chi connectivity index (χ3v) is 7.05. The predicted molar refractivity (Wildman–Crippen MR) is 103 cm³/mol. The van der Waals surface area contributed by atoms with Crippen molar-refractivity contribution < 1.29 is 79.8 Å². The van der Waals surface area contributed by atoms with E-state index in [1.165, 1.54) is 0 Å². The molecule has 0 atom stereocenters. The first-order chi connectivity index (χ1) is 17.7. The number of nitrogens with one attached hydrogen (secondary N) is 1. The molecular weight excluding hydrogens is 624 g/mol. The van der Waals surface area contributed by atoms with Gasteiger partial charge in [-0.25, -0.2) is 8.78 Å². The number of rotatable bonds is 10. The molecule has 0 saturated heterocycles. The van der Waals surface area contributed by atoms with E-state index in [9.17, 15) is 79.8 Å². The van der Waals surface area contributed by atoms with E-state index < -0.39 is 70.3 Å². The van der Waals surface area contributed by atoms with Crippen LogP contribution in [0.1, 0.15) is 40.1 Å². The van der Waals surface area contributed by atoms with Crippen LogP contribution in [0.5, 0.6) is 0 Å². The number of halogens is 16. The molecule has 2 rings (SSSR count).